The van der Waals surface area contributed by atoms with E-state index >= 15 is 0 Å². The van der Waals surface area contributed by atoms with Crippen molar-refractivity contribution in [2.24, 2.45) is 5.92 Å². The maximum Gasteiger partial charge on any atom is 0.226 e. The summed E-state index contributed by atoms with van der Waals surface area (Å²) in [4.78, 5) is 12.6. The highest BCUT2D eigenvalue weighted by Crippen LogP contribution is 2.38. The van der Waals surface area contributed by atoms with E-state index in [-0.39, 0.29) is 11.8 Å². The summed E-state index contributed by atoms with van der Waals surface area (Å²) in [5.74, 6) is 1.30. The van der Waals surface area contributed by atoms with Crippen LogP contribution in [0.1, 0.15) is 55.6 Å². The van der Waals surface area contributed by atoms with Crippen LogP contribution in [0.4, 0.5) is 5.82 Å². The van der Waals surface area contributed by atoms with Gasteiger partial charge in [0, 0.05) is 30.7 Å². The molecule has 0 spiro atoms. The number of aromatic nitrogens is 2. The zero-order valence-electron chi connectivity index (χ0n) is 15.5. The molecule has 0 saturated heterocycles. The molecule has 1 amide bonds. The molecule has 2 heterocycles. The molecule has 1 aliphatic heterocycles. The Morgan fingerprint density at radius 2 is 1.85 bits per heavy atom. The minimum Gasteiger partial charge on any atom is -0.311 e. The number of hydrogen-bond donors (Lipinski definition) is 1. The normalized spacial score (nSPS) is 20.9. The largest absolute Gasteiger partial charge is 0.311 e. The van der Waals surface area contributed by atoms with Crippen LogP contribution in [-0.4, -0.2) is 30.4 Å². The number of amides is 1. The number of rotatable bonds is 4. The number of fused-ring (bicyclic) bond motifs is 1. The van der Waals surface area contributed by atoms with Crippen LogP contribution in [0.5, 0.6) is 0 Å². The summed E-state index contributed by atoms with van der Waals surface area (Å²) < 4.78 is 25.3. The number of benzene rings is 1. The lowest BCUT2D eigenvalue weighted by Crippen LogP contribution is -2.26. The lowest BCUT2D eigenvalue weighted by Gasteiger charge is -2.26. The van der Waals surface area contributed by atoms with E-state index in [0.29, 0.717) is 17.2 Å². The maximum atomic E-state index is 12.3. The predicted molar refractivity (Wildman–Crippen MR) is 103 cm³/mol. The van der Waals surface area contributed by atoms with E-state index in [0.717, 1.165) is 23.5 Å². The van der Waals surface area contributed by atoms with E-state index in [2.05, 4.69) is 10.4 Å². The summed E-state index contributed by atoms with van der Waals surface area (Å²) in [6, 6.07) is 6.84. The molecule has 1 aliphatic carbocycles. The van der Waals surface area contributed by atoms with Crippen LogP contribution in [-0.2, 0) is 21.2 Å². The van der Waals surface area contributed by atoms with Crippen LogP contribution >= 0.6 is 0 Å². The minimum absolute atomic E-state index is 0.0231. The molecule has 0 radical (unpaired) electrons. The first-order valence-corrected chi connectivity index (χ1v) is 11.5. The van der Waals surface area contributed by atoms with Crippen molar-refractivity contribution in [3.8, 4) is 0 Å². The second-order valence-electron chi connectivity index (χ2n) is 7.78. The van der Waals surface area contributed by atoms with E-state index < -0.39 is 9.84 Å². The Labute approximate surface area is 159 Å². The van der Waals surface area contributed by atoms with Crippen molar-refractivity contribution in [2.45, 2.75) is 55.9 Å². The standard InChI is InChI=1S/C20H25N3O3S/c1-27(25,26)16-9-7-15(8-10-16)17-11-19(24)22-20-18(17)12-21-23(20)13-14-5-3-2-4-6-14/h7-10,12,14,17H,2-6,11,13H2,1H3,(H,22,24)/t17-/m1/s1. The van der Waals surface area contributed by atoms with Crippen molar-refractivity contribution >= 4 is 21.6 Å². The number of carbonyl (C=O) groups excluding carboxylic acids is 1. The second kappa shape index (κ2) is 7.11. The van der Waals surface area contributed by atoms with Gasteiger partial charge in [-0.25, -0.2) is 13.1 Å². The smallest absolute Gasteiger partial charge is 0.226 e. The number of hydrogen-bond acceptors (Lipinski definition) is 4. The van der Waals surface area contributed by atoms with Crippen LogP contribution < -0.4 is 5.32 Å². The average molecular weight is 388 g/mol. The lowest BCUT2D eigenvalue weighted by atomic mass is 9.87. The highest BCUT2D eigenvalue weighted by atomic mass is 32.2. The molecule has 1 N–H and O–H groups in total. The van der Waals surface area contributed by atoms with E-state index in [1.54, 1.807) is 12.1 Å². The molecule has 27 heavy (non-hydrogen) atoms. The van der Waals surface area contributed by atoms with Crippen molar-refractivity contribution in [2.75, 3.05) is 11.6 Å². The minimum atomic E-state index is -3.23. The van der Waals surface area contributed by atoms with E-state index in [1.165, 1.54) is 38.4 Å². The Kier molecular flexibility index (Phi) is 4.80. The molecule has 2 aliphatic rings. The van der Waals surface area contributed by atoms with Crippen molar-refractivity contribution in [3.63, 3.8) is 0 Å². The van der Waals surface area contributed by atoms with Gasteiger partial charge in [0.2, 0.25) is 5.91 Å². The monoisotopic (exact) mass is 387 g/mol. The van der Waals surface area contributed by atoms with Crippen molar-refractivity contribution in [1.29, 1.82) is 0 Å². The van der Waals surface area contributed by atoms with Gasteiger partial charge in [-0.2, -0.15) is 5.10 Å². The average Bonchev–Trinajstić information content (AvgIpc) is 3.04. The Bertz CT molecular complexity index is 941. The Morgan fingerprint density at radius 3 is 2.52 bits per heavy atom. The highest BCUT2D eigenvalue weighted by Gasteiger charge is 2.30. The van der Waals surface area contributed by atoms with Gasteiger partial charge in [-0.15, -0.1) is 0 Å². The lowest BCUT2D eigenvalue weighted by molar-refractivity contribution is -0.116. The van der Waals surface area contributed by atoms with Crippen molar-refractivity contribution in [3.05, 3.63) is 41.6 Å². The summed E-state index contributed by atoms with van der Waals surface area (Å²) in [5.41, 5.74) is 1.95. The number of anilines is 1. The molecule has 144 valence electrons. The molecule has 1 fully saturated rings. The van der Waals surface area contributed by atoms with Crippen LogP contribution in [0, 0.1) is 5.92 Å². The molecular weight excluding hydrogens is 362 g/mol. The van der Waals surface area contributed by atoms with Gasteiger partial charge >= 0.3 is 0 Å². The fourth-order valence-electron chi connectivity index (χ4n) is 4.27. The zero-order chi connectivity index (χ0) is 19.0. The van der Waals surface area contributed by atoms with E-state index in [9.17, 15) is 13.2 Å². The molecule has 2 aromatic rings. The van der Waals surface area contributed by atoms with E-state index in [1.807, 2.05) is 23.0 Å². The summed E-state index contributed by atoms with van der Waals surface area (Å²) in [6.45, 7) is 0.843. The first-order valence-electron chi connectivity index (χ1n) is 9.57. The van der Waals surface area contributed by atoms with Crippen LogP contribution in [0.25, 0.3) is 0 Å². The van der Waals surface area contributed by atoms with Gasteiger partial charge in [-0.1, -0.05) is 31.4 Å². The third-order valence-electron chi connectivity index (χ3n) is 5.76. The van der Waals surface area contributed by atoms with Gasteiger partial charge in [0.25, 0.3) is 0 Å². The second-order valence-corrected chi connectivity index (χ2v) is 9.80. The van der Waals surface area contributed by atoms with Gasteiger partial charge in [0.1, 0.15) is 5.82 Å². The summed E-state index contributed by atoms with van der Waals surface area (Å²) in [7, 11) is -3.23. The Hall–Kier alpha value is -2.15. The first-order chi connectivity index (χ1) is 12.9. The third kappa shape index (κ3) is 3.78. The summed E-state index contributed by atoms with van der Waals surface area (Å²) in [6.07, 6.45) is 9.70. The molecule has 0 bridgehead atoms. The maximum absolute atomic E-state index is 12.3. The van der Waals surface area contributed by atoms with E-state index in [4.69, 9.17) is 0 Å². The molecule has 1 aromatic heterocycles. The number of carbonyl (C=O) groups is 1. The zero-order valence-corrected chi connectivity index (χ0v) is 16.3. The van der Waals surface area contributed by atoms with Gasteiger partial charge in [0.05, 0.1) is 11.1 Å². The van der Waals surface area contributed by atoms with Crippen LogP contribution in [0.3, 0.4) is 0 Å². The van der Waals surface area contributed by atoms with Gasteiger partial charge in [0.15, 0.2) is 9.84 Å². The first kappa shape index (κ1) is 18.2. The Morgan fingerprint density at radius 1 is 1.15 bits per heavy atom. The van der Waals surface area contributed by atoms with Crippen molar-refractivity contribution < 1.29 is 13.2 Å². The van der Waals surface area contributed by atoms with Crippen LogP contribution in [0.2, 0.25) is 0 Å². The van der Waals surface area contributed by atoms with Crippen molar-refractivity contribution in [1.82, 2.24) is 9.78 Å². The highest BCUT2D eigenvalue weighted by molar-refractivity contribution is 7.90. The molecule has 1 atom stereocenters. The Balaban J connectivity index is 1.62. The molecule has 7 heteroatoms. The van der Waals surface area contributed by atoms with Gasteiger partial charge in [-0.3, -0.25) is 4.79 Å². The topological polar surface area (TPSA) is 81.1 Å². The third-order valence-corrected chi connectivity index (χ3v) is 6.89. The number of nitrogens with zero attached hydrogens (tertiary/aromatic N) is 2. The summed E-state index contributed by atoms with van der Waals surface area (Å²) in [5, 5.41) is 7.56. The SMILES string of the molecule is CS(=O)(=O)c1ccc([C@H]2CC(=O)Nc3c2cnn3CC2CCCCC2)cc1. The molecular formula is C20H25N3O3S. The summed E-state index contributed by atoms with van der Waals surface area (Å²) >= 11 is 0. The predicted octanol–water partition coefficient (Wildman–Crippen LogP) is 3.34. The molecule has 1 saturated carbocycles. The fourth-order valence-corrected chi connectivity index (χ4v) is 4.90. The number of sulfone groups is 1. The molecule has 0 unspecified atom stereocenters. The van der Waals surface area contributed by atoms with Crippen LogP contribution in [0.15, 0.2) is 35.4 Å². The molecule has 1 aromatic carbocycles. The fraction of sp³-hybridized carbons (Fsp3) is 0.500. The quantitative estimate of drug-likeness (QED) is 0.872. The molecule has 4 rings (SSSR count). The van der Waals surface area contributed by atoms with Gasteiger partial charge in [-0.05, 0) is 36.5 Å². The number of nitrogens with one attached hydrogen (secondary N) is 1. The molecule has 6 nitrogen and oxygen atoms in total. The van der Waals surface area contributed by atoms with Gasteiger partial charge < -0.3 is 5.32 Å².